The van der Waals surface area contributed by atoms with Crippen LogP contribution in [0.4, 0.5) is 0 Å². The van der Waals surface area contributed by atoms with Crippen molar-refractivity contribution in [3.63, 3.8) is 0 Å². The molecule has 2 aromatic carbocycles. The minimum Gasteiger partial charge on any atom is -0.363 e. The molecule has 0 aliphatic rings. The van der Waals surface area contributed by atoms with Crippen molar-refractivity contribution in [1.82, 2.24) is 14.9 Å². The second-order valence-corrected chi connectivity index (χ2v) is 6.36. The topological polar surface area (TPSA) is 107 Å². The van der Waals surface area contributed by atoms with Crippen LogP contribution < -0.4 is 11.1 Å². The molecule has 0 unspecified atom stereocenters. The predicted octanol–water partition coefficient (Wildman–Crippen LogP) is 1.48. The Morgan fingerprint density at radius 3 is 2.25 bits per heavy atom. The summed E-state index contributed by atoms with van der Waals surface area (Å²) in [6.07, 6.45) is 1.68. The third kappa shape index (κ3) is 4.15. The molecule has 7 heteroatoms. The van der Waals surface area contributed by atoms with Gasteiger partial charge in [0.15, 0.2) is 5.69 Å². The molecule has 1 atom stereocenters. The monoisotopic (exact) mass is 376 g/mol. The number of nitrogens with one attached hydrogen (secondary N) is 1. The zero-order valence-corrected chi connectivity index (χ0v) is 15.3. The van der Waals surface area contributed by atoms with Gasteiger partial charge in [-0.2, -0.15) is 0 Å². The fourth-order valence-corrected chi connectivity index (χ4v) is 2.99. The number of amides is 2. The van der Waals surface area contributed by atoms with Gasteiger partial charge in [0, 0.05) is 19.0 Å². The van der Waals surface area contributed by atoms with E-state index in [-0.39, 0.29) is 12.1 Å². The number of ketones is 1. The molecule has 0 spiro atoms. The van der Waals surface area contributed by atoms with Gasteiger partial charge in [-0.15, -0.1) is 0 Å². The molecule has 142 valence electrons. The van der Waals surface area contributed by atoms with Crippen LogP contribution in [0.25, 0.3) is 11.3 Å². The van der Waals surface area contributed by atoms with Gasteiger partial charge in [-0.3, -0.25) is 14.4 Å². The van der Waals surface area contributed by atoms with E-state index < -0.39 is 23.6 Å². The van der Waals surface area contributed by atoms with Crippen LogP contribution in [0.1, 0.15) is 16.1 Å². The molecule has 2 amide bonds. The Bertz CT molecular complexity index is 997. The lowest BCUT2D eigenvalue weighted by atomic mass is 10.0. The molecule has 3 N–H and O–H groups in total. The number of nitrogens with two attached hydrogens (primary N) is 1. The van der Waals surface area contributed by atoms with Crippen LogP contribution in [0.5, 0.6) is 0 Å². The summed E-state index contributed by atoms with van der Waals surface area (Å²) in [5.74, 6) is -2.49. The maximum Gasteiger partial charge on any atom is 0.287 e. The lowest BCUT2D eigenvalue weighted by Crippen LogP contribution is -2.47. The SMILES string of the molecule is Cn1cnc(C(=O)N[C@@H](Cc2ccccc2)C(=O)C(N)=O)c1-c1ccccc1. The zero-order chi connectivity index (χ0) is 20.1. The van der Waals surface area contributed by atoms with E-state index in [0.29, 0.717) is 5.69 Å². The molecule has 1 heterocycles. The third-order valence-corrected chi connectivity index (χ3v) is 4.35. The fraction of sp³-hybridized carbons (Fsp3) is 0.143. The first-order valence-corrected chi connectivity index (χ1v) is 8.72. The van der Waals surface area contributed by atoms with Gasteiger partial charge < -0.3 is 15.6 Å². The minimum absolute atomic E-state index is 0.155. The van der Waals surface area contributed by atoms with Crippen molar-refractivity contribution in [2.24, 2.45) is 12.8 Å². The molecule has 3 aromatic rings. The number of carbonyl (C=O) groups excluding carboxylic acids is 3. The second-order valence-electron chi connectivity index (χ2n) is 6.36. The zero-order valence-electron chi connectivity index (χ0n) is 15.3. The van der Waals surface area contributed by atoms with Gasteiger partial charge in [0.25, 0.3) is 11.8 Å². The normalized spacial score (nSPS) is 11.6. The Balaban J connectivity index is 1.89. The van der Waals surface area contributed by atoms with Crippen molar-refractivity contribution in [2.75, 3.05) is 0 Å². The van der Waals surface area contributed by atoms with Gasteiger partial charge in [0.1, 0.15) is 6.04 Å². The van der Waals surface area contributed by atoms with E-state index in [1.807, 2.05) is 60.7 Å². The Labute approximate surface area is 162 Å². The average molecular weight is 376 g/mol. The molecule has 0 fully saturated rings. The predicted molar refractivity (Wildman–Crippen MR) is 104 cm³/mol. The summed E-state index contributed by atoms with van der Waals surface area (Å²) in [6, 6.07) is 17.3. The van der Waals surface area contributed by atoms with Crippen molar-refractivity contribution in [3.05, 3.63) is 78.2 Å². The molecule has 28 heavy (non-hydrogen) atoms. The number of Topliss-reactive ketones (excluding diaryl/α,β-unsaturated/α-hetero) is 1. The number of imidazole rings is 1. The van der Waals surface area contributed by atoms with E-state index in [2.05, 4.69) is 10.3 Å². The summed E-state index contributed by atoms with van der Waals surface area (Å²) in [4.78, 5) is 40.8. The summed E-state index contributed by atoms with van der Waals surface area (Å²) in [7, 11) is 1.78. The number of carbonyl (C=O) groups is 3. The minimum atomic E-state index is -1.09. The molecule has 0 saturated heterocycles. The van der Waals surface area contributed by atoms with Crippen molar-refractivity contribution in [1.29, 1.82) is 0 Å². The molecule has 0 bridgehead atoms. The summed E-state index contributed by atoms with van der Waals surface area (Å²) >= 11 is 0. The van der Waals surface area contributed by atoms with E-state index in [0.717, 1.165) is 11.1 Å². The molecule has 1 aromatic heterocycles. The molecule has 3 rings (SSSR count). The highest BCUT2D eigenvalue weighted by Crippen LogP contribution is 2.22. The van der Waals surface area contributed by atoms with Crippen molar-refractivity contribution in [2.45, 2.75) is 12.5 Å². The van der Waals surface area contributed by atoms with Gasteiger partial charge in [-0.25, -0.2) is 4.98 Å². The number of primary amides is 1. The number of benzene rings is 2. The van der Waals surface area contributed by atoms with E-state index in [4.69, 9.17) is 5.73 Å². The maximum atomic E-state index is 12.9. The Morgan fingerprint density at radius 2 is 1.64 bits per heavy atom. The number of aryl methyl sites for hydroxylation is 1. The van der Waals surface area contributed by atoms with E-state index in [1.165, 1.54) is 6.33 Å². The maximum absolute atomic E-state index is 12.9. The summed E-state index contributed by atoms with van der Waals surface area (Å²) in [5.41, 5.74) is 7.57. The highest BCUT2D eigenvalue weighted by molar-refractivity contribution is 6.38. The Morgan fingerprint density at radius 1 is 1.04 bits per heavy atom. The van der Waals surface area contributed by atoms with Gasteiger partial charge in [-0.1, -0.05) is 60.7 Å². The summed E-state index contributed by atoms with van der Waals surface area (Å²) in [5, 5.41) is 2.62. The molecular weight excluding hydrogens is 356 g/mol. The van der Waals surface area contributed by atoms with Gasteiger partial charge in [0.2, 0.25) is 5.78 Å². The third-order valence-electron chi connectivity index (χ3n) is 4.35. The van der Waals surface area contributed by atoms with Crippen molar-refractivity contribution >= 4 is 17.6 Å². The van der Waals surface area contributed by atoms with Crippen LogP contribution in [0.2, 0.25) is 0 Å². The molecule has 0 saturated carbocycles. The lowest BCUT2D eigenvalue weighted by molar-refractivity contribution is -0.137. The Hall–Kier alpha value is -3.74. The number of hydrogen-bond acceptors (Lipinski definition) is 4. The number of nitrogens with zero attached hydrogens (tertiary/aromatic N) is 2. The Kier molecular flexibility index (Phi) is 5.64. The van der Waals surface area contributed by atoms with Gasteiger partial charge in [0.05, 0.1) is 12.0 Å². The highest BCUT2D eigenvalue weighted by Gasteiger charge is 2.28. The summed E-state index contributed by atoms with van der Waals surface area (Å²) in [6.45, 7) is 0. The standard InChI is InChI=1S/C21H20N4O3/c1-25-13-23-17(18(25)15-10-6-3-7-11-15)21(28)24-16(19(26)20(22)27)12-14-8-4-2-5-9-14/h2-11,13,16H,12H2,1H3,(H2,22,27)(H,24,28)/t16-/m0/s1. The molecule has 7 nitrogen and oxygen atoms in total. The van der Waals surface area contributed by atoms with Gasteiger partial charge >= 0.3 is 0 Å². The van der Waals surface area contributed by atoms with Crippen LogP contribution in [-0.4, -0.2) is 33.2 Å². The van der Waals surface area contributed by atoms with Crippen LogP contribution in [0.3, 0.4) is 0 Å². The van der Waals surface area contributed by atoms with E-state index >= 15 is 0 Å². The average Bonchev–Trinajstić information content (AvgIpc) is 3.09. The quantitative estimate of drug-likeness (QED) is 0.609. The smallest absolute Gasteiger partial charge is 0.287 e. The number of aromatic nitrogens is 2. The van der Waals surface area contributed by atoms with Gasteiger partial charge in [-0.05, 0) is 5.56 Å². The first-order valence-electron chi connectivity index (χ1n) is 8.72. The highest BCUT2D eigenvalue weighted by atomic mass is 16.2. The molecular formula is C21H20N4O3. The van der Waals surface area contributed by atoms with Crippen LogP contribution in [0, 0.1) is 0 Å². The fourth-order valence-electron chi connectivity index (χ4n) is 2.99. The lowest BCUT2D eigenvalue weighted by Gasteiger charge is -2.16. The number of hydrogen-bond donors (Lipinski definition) is 2. The first-order chi connectivity index (χ1) is 13.5. The van der Waals surface area contributed by atoms with Crippen molar-refractivity contribution in [3.8, 4) is 11.3 Å². The largest absolute Gasteiger partial charge is 0.363 e. The van der Waals surface area contributed by atoms with Crippen LogP contribution in [0.15, 0.2) is 67.0 Å². The van der Waals surface area contributed by atoms with E-state index in [9.17, 15) is 14.4 Å². The van der Waals surface area contributed by atoms with Crippen molar-refractivity contribution < 1.29 is 14.4 Å². The molecule has 0 radical (unpaired) electrons. The van der Waals surface area contributed by atoms with E-state index in [1.54, 1.807) is 11.6 Å². The molecule has 0 aliphatic carbocycles. The van der Waals surface area contributed by atoms with Crippen LogP contribution >= 0.6 is 0 Å². The summed E-state index contributed by atoms with van der Waals surface area (Å²) < 4.78 is 1.73. The first kappa shape index (κ1) is 19.0. The number of rotatable bonds is 7. The van der Waals surface area contributed by atoms with Crippen LogP contribution in [-0.2, 0) is 23.1 Å². The second kappa shape index (κ2) is 8.30. The molecule has 0 aliphatic heterocycles.